The topological polar surface area (TPSA) is 41.7 Å². The Kier molecular flexibility index (Phi) is 2.60. The number of benzene rings is 1. The van der Waals surface area contributed by atoms with Crippen molar-refractivity contribution >= 4 is 11.5 Å². The summed E-state index contributed by atoms with van der Waals surface area (Å²) in [6.45, 7) is 1.99. The molecule has 0 radical (unpaired) electrons. The summed E-state index contributed by atoms with van der Waals surface area (Å²) in [6.07, 6.45) is 3.74. The van der Waals surface area contributed by atoms with Gasteiger partial charge in [-0.1, -0.05) is 30.3 Å². The minimum absolute atomic E-state index is 0.356. The van der Waals surface area contributed by atoms with E-state index >= 15 is 0 Å². The summed E-state index contributed by atoms with van der Waals surface area (Å²) in [7, 11) is 0. The van der Waals surface area contributed by atoms with E-state index in [1.165, 1.54) is 0 Å². The number of carboxylic acid groups (broad SMARTS) is 1. The second-order valence-corrected chi connectivity index (χ2v) is 4.53. The minimum Gasteiger partial charge on any atom is -0.478 e. The van der Waals surface area contributed by atoms with Gasteiger partial charge >= 0.3 is 5.97 Å². The first-order valence-corrected chi connectivity index (χ1v) is 6.07. The van der Waals surface area contributed by atoms with E-state index in [-0.39, 0.29) is 0 Å². The normalized spacial score (nSPS) is 10.8. The molecule has 3 nitrogen and oxygen atoms in total. The Morgan fingerprint density at radius 2 is 1.79 bits per heavy atom. The average molecular weight is 251 g/mol. The van der Waals surface area contributed by atoms with Crippen LogP contribution in [-0.2, 0) is 0 Å². The van der Waals surface area contributed by atoms with Crippen LogP contribution in [0.3, 0.4) is 0 Å². The van der Waals surface area contributed by atoms with E-state index in [2.05, 4.69) is 0 Å². The van der Waals surface area contributed by atoms with Crippen LogP contribution >= 0.6 is 0 Å². The van der Waals surface area contributed by atoms with Crippen LogP contribution in [0.5, 0.6) is 0 Å². The van der Waals surface area contributed by atoms with Crippen LogP contribution in [0.1, 0.15) is 15.9 Å². The van der Waals surface area contributed by atoms with Crippen molar-refractivity contribution in [1.82, 2.24) is 4.40 Å². The van der Waals surface area contributed by atoms with Crippen LogP contribution in [0.4, 0.5) is 0 Å². The highest BCUT2D eigenvalue weighted by Gasteiger charge is 2.18. The largest absolute Gasteiger partial charge is 0.478 e. The number of carboxylic acids is 1. The van der Waals surface area contributed by atoms with Crippen LogP contribution in [-0.4, -0.2) is 15.5 Å². The highest BCUT2D eigenvalue weighted by Crippen LogP contribution is 2.30. The quantitative estimate of drug-likeness (QED) is 0.756. The molecule has 0 amide bonds. The fraction of sp³-hybridized carbons (Fsp3) is 0.0625. The highest BCUT2D eigenvalue weighted by molar-refractivity contribution is 6.04. The third kappa shape index (κ3) is 1.80. The van der Waals surface area contributed by atoms with Crippen molar-refractivity contribution in [2.45, 2.75) is 6.92 Å². The first-order valence-electron chi connectivity index (χ1n) is 6.07. The molecular weight excluding hydrogens is 238 g/mol. The second-order valence-electron chi connectivity index (χ2n) is 4.53. The lowest BCUT2D eigenvalue weighted by Gasteiger charge is -2.04. The van der Waals surface area contributed by atoms with E-state index in [4.69, 9.17) is 0 Å². The van der Waals surface area contributed by atoms with E-state index in [1.54, 1.807) is 0 Å². The predicted octanol–water partition coefficient (Wildman–Crippen LogP) is 3.61. The highest BCUT2D eigenvalue weighted by atomic mass is 16.4. The van der Waals surface area contributed by atoms with Gasteiger partial charge in [0.2, 0.25) is 0 Å². The summed E-state index contributed by atoms with van der Waals surface area (Å²) in [5.74, 6) is -0.896. The third-order valence-corrected chi connectivity index (χ3v) is 3.33. The standard InChI is InChI=1S/C16H13NO2/c1-11-6-2-3-7-12(11)13-10-17-9-5-4-8-14(17)15(13)16(18)19/h2-10H,1H3,(H,18,19). The summed E-state index contributed by atoms with van der Waals surface area (Å²) in [6, 6.07) is 13.4. The number of hydrogen-bond acceptors (Lipinski definition) is 1. The maximum absolute atomic E-state index is 11.6. The molecule has 0 bridgehead atoms. The molecule has 3 rings (SSSR count). The molecule has 2 aromatic heterocycles. The summed E-state index contributed by atoms with van der Waals surface area (Å²) in [5, 5.41) is 9.49. The van der Waals surface area contributed by atoms with Crippen LogP contribution in [0.25, 0.3) is 16.6 Å². The SMILES string of the molecule is Cc1ccccc1-c1cn2ccccc2c1C(=O)O. The molecule has 19 heavy (non-hydrogen) atoms. The monoisotopic (exact) mass is 251 g/mol. The Labute approximate surface area is 110 Å². The smallest absolute Gasteiger partial charge is 0.338 e. The van der Waals surface area contributed by atoms with Crippen molar-refractivity contribution in [3.63, 3.8) is 0 Å². The molecule has 0 aliphatic heterocycles. The lowest BCUT2D eigenvalue weighted by molar-refractivity contribution is 0.0700. The van der Waals surface area contributed by atoms with Gasteiger partial charge in [0, 0.05) is 18.0 Å². The first kappa shape index (κ1) is 11.5. The van der Waals surface area contributed by atoms with Crippen LogP contribution < -0.4 is 0 Å². The zero-order valence-corrected chi connectivity index (χ0v) is 10.5. The van der Waals surface area contributed by atoms with Crippen LogP contribution in [0, 0.1) is 6.92 Å². The number of aromatic carboxylic acids is 1. The van der Waals surface area contributed by atoms with Gasteiger partial charge in [-0.2, -0.15) is 0 Å². The van der Waals surface area contributed by atoms with Gasteiger partial charge in [0.1, 0.15) is 0 Å². The van der Waals surface area contributed by atoms with E-state index in [0.717, 1.165) is 16.7 Å². The zero-order valence-electron chi connectivity index (χ0n) is 10.5. The van der Waals surface area contributed by atoms with E-state index in [0.29, 0.717) is 11.1 Å². The summed E-state index contributed by atoms with van der Waals surface area (Å²) in [4.78, 5) is 11.6. The maximum atomic E-state index is 11.6. The van der Waals surface area contributed by atoms with Crippen molar-refractivity contribution in [3.8, 4) is 11.1 Å². The van der Waals surface area contributed by atoms with E-state index in [9.17, 15) is 9.90 Å². The number of nitrogens with zero attached hydrogens (tertiary/aromatic N) is 1. The molecule has 0 saturated carbocycles. The van der Waals surface area contributed by atoms with Crippen molar-refractivity contribution in [2.75, 3.05) is 0 Å². The average Bonchev–Trinajstić information content (AvgIpc) is 2.78. The maximum Gasteiger partial charge on any atom is 0.338 e. The Morgan fingerprint density at radius 3 is 2.53 bits per heavy atom. The van der Waals surface area contributed by atoms with Gasteiger partial charge < -0.3 is 9.51 Å². The Morgan fingerprint density at radius 1 is 1.05 bits per heavy atom. The summed E-state index contributed by atoms with van der Waals surface area (Å²) in [5.41, 5.74) is 3.87. The molecule has 0 unspecified atom stereocenters. The molecule has 1 aromatic carbocycles. The molecule has 3 aromatic rings. The third-order valence-electron chi connectivity index (χ3n) is 3.33. The number of aromatic nitrogens is 1. The molecule has 0 spiro atoms. The number of carbonyl (C=O) groups is 1. The minimum atomic E-state index is -0.896. The zero-order chi connectivity index (χ0) is 13.4. The molecule has 2 heterocycles. The van der Waals surface area contributed by atoms with Gasteiger partial charge in [-0.05, 0) is 30.2 Å². The van der Waals surface area contributed by atoms with Crippen molar-refractivity contribution < 1.29 is 9.90 Å². The van der Waals surface area contributed by atoms with Gasteiger partial charge in [0.15, 0.2) is 0 Å². The summed E-state index contributed by atoms with van der Waals surface area (Å²) >= 11 is 0. The number of hydrogen-bond donors (Lipinski definition) is 1. The van der Waals surface area contributed by atoms with E-state index < -0.39 is 5.97 Å². The van der Waals surface area contributed by atoms with Crippen molar-refractivity contribution in [2.24, 2.45) is 0 Å². The Bertz CT molecular complexity index is 771. The molecular formula is C16H13NO2. The number of rotatable bonds is 2. The number of fused-ring (bicyclic) bond motifs is 1. The van der Waals surface area contributed by atoms with Crippen molar-refractivity contribution in [3.05, 3.63) is 66.0 Å². The molecule has 0 saturated heterocycles. The molecule has 1 N–H and O–H groups in total. The second kappa shape index (κ2) is 4.28. The van der Waals surface area contributed by atoms with Crippen molar-refractivity contribution in [1.29, 1.82) is 0 Å². The van der Waals surface area contributed by atoms with Crippen LogP contribution in [0.2, 0.25) is 0 Å². The lowest BCUT2D eigenvalue weighted by Crippen LogP contribution is -1.98. The molecule has 3 heteroatoms. The Balaban J connectivity index is 2.38. The van der Waals surface area contributed by atoms with Crippen LogP contribution in [0.15, 0.2) is 54.9 Å². The number of pyridine rings is 1. The van der Waals surface area contributed by atoms with Gasteiger partial charge in [-0.15, -0.1) is 0 Å². The Hall–Kier alpha value is -2.55. The summed E-state index contributed by atoms with van der Waals surface area (Å²) < 4.78 is 1.85. The molecule has 0 aliphatic rings. The first-order chi connectivity index (χ1) is 9.18. The van der Waals surface area contributed by atoms with Gasteiger partial charge in [0.25, 0.3) is 0 Å². The van der Waals surface area contributed by atoms with Gasteiger partial charge in [-0.25, -0.2) is 4.79 Å². The fourth-order valence-electron chi connectivity index (χ4n) is 2.43. The molecule has 0 fully saturated rings. The number of aryl methyl sites for hydroxylation is 1. The van der Waals surface area contributed by atoms with E-state index in [1.807, 2.05) is 66.2 Å². The van der Waals surface area contributed by atoms with Gasteiger partial charge in [-0.3, -0.25) is 0 Å². The predicted molar refractivity (Wildman–Crippen MR) is 74.5 cm³/mol. The molecule has 94 valence electrons. The molecule has 0 atom stereocenters. The van der Waals surface area contributed by atoms with Gasteiger partial charge in [0.05, 0.1) is 11.1 Å². The molecule has 0 aliphatic carbocycles. The lowest BCUT2D eigenvalue weighted by atomic mass is 9.99. The fourth-order valence-corrected chi connectivity index (χ4v) is 2.43.